The second-order valence-corrected chi connectivity index (χ2v) is 15.0. The zero-order valence-corrected chi connectivity index (χ0v) is 26.5. The molecule has 0 N–H and O–H groups in total. The number of halogens is 1. The van der Waals surface area contributed by atoms with Crippen molar-refractivity contribution in [2.45, 2.75) is 77.2 Å². The summed E-state index contributed by atoms with van der Waals surface area (Å²) in [5.74, 6) is 0. The molecule has 0 saturated carbocycles. The number of benzene rings is 1. The fourth-order valence-corrected chi connectivity index (χ4v) is 5.08. The van der Waals surface area contributed by atoms with Gasteiger partial charge in [-0.2, -0.15) is 0 Å². The van der Waals surface area contributed by atoms with Crippen molar-refractivity contribution in [1.82, 2.24) is 0 Å². The Morgan fingerprint density at radius 1 is 0.800 bits per heavy atom. The van der Waals surface area contributed by atoms with Crippen molar-refractivity contribution in [3.05, 3.63) is 109 Å². The molecule has 0 fully saturated rings. The topological polar surface area (TPSA) is 9.23 Å². The first-order chi connectivity index (χ1) is 16.0. The average Bonchev–Trinajstić information content (AvgIpc) is 3.57. The molecule has 2 radical (unpaired) electrons. The van der Waals surface area contributed by atoms with Crippen LogP contribution in [0.2, 0.25) is 25.2 Å². The molecule has 192 valence electrons. The van der Waals surface area contributed by atoms with Crippen LogP contribution >= 0.6 is 0 Å². The van der Waals surface area contributed by atoms with Gasteiger partial charge in [0.25, 0.3) is 0 Å². The second kappa shape index (κ2) is 24.9. The molecule has 2 aliphatic rings. The Labute approximate surface area is 243 Å². The normalized spacial score (nSPS) is 13.9. The number of ether oxygens (including phenoxy) is 1. The van der Waals surface area contributed by atoms with Crippen LogP contribution in [0.1, 0.15) is 51.0 Å². The van der Waals surface area contributed by atoms with Crippen molar-refractivity contribution >= 4 is 8.07 Å². The Morgan fingerprint density at radius 2 is 1.37 bits per heavy atom. The van der Waals surface area contributed by atoms with Gasteiger partial charge in [-0.25, -0.2) is 0 Å². The molecule has 0 saturated heterocycles. The first-order valence-electron chi connectivity index (χ1n) is 12.7. The van der Waals surface area contributed by atoms with Crippen LogP contribution in [0.4, 0.5) is 0 Å². The first kappa shape index (κ1) is 36.4. The minimum absolute atomic E-state index is 0. The molecular formula is C31H46ClOSiZr-. The van der Waals surface area contributed by atoms with E-state index in [4.69, 9.17) is 4.74 Å². The molecule has 0 amide bonds. The van der Waals surface area contributed by atoms with Crippen molar-refractivity contribution in [2.75, 3.05) is 6.61 Å². The van der Waals surface area contributed by atoms with E-state index in [1.807, 2.05) is 61.4 Å². The Kier molecular flexibility index (Phi) is 26.0. The van der Waals surface area contributed by atoms with Gasteiger partial charge in [0.2, 0.25) is 0 Å². The first-order valence-corrected chi connectivity index (χ1v) is 16.2. The smallest absolute Gasteiger partial charge is 0.0716 e. The summed E-state index contributed by atoms with van der Waals surface area (Å²) in [4.78, 5) is 0. The molecule has 1 aromatic rings. The molecule has 1 nitrogen and oxygen atoms in total. The van der Waals surface area contributed by atoms with E-state index < -0.39 is 8.07 Å². The standard InChI is InChI=1S/C21H36OSi.2C5H5.ClH.Zr/c1-5-6-7-8-9-13-16-21(23(2,3)4)17-18-22-19-20-14-11-10-12-15-20;2*1-2-4-5-3-1;;/h10-16,21H,5-9,17-19H2,1-4H3;2*1-5H;1H;/p-1/b16-13+;;;;. The molecule has 0 aliphatic heterocycles. The fraction of sp³-hybridized carbons (Fsp3) is 0.419. The monoisotopic (exact) mass is 587 g/mol. The van der Waals surface area contributed by atoms with Gasteiger partial charge in [0.15, 0.2) is 0 Å². The van der Waals surface area contributed by atoms with Gasteiger partial charge in [0.1, 0.15) is 0 Å². The summed E-state index contributed by atoms with van der Waals surface area (Å²) in [6.07, 6.45) is 32.7. The summed E-state index contributed by atoms with van der Waals surface area (Å²) in [7, 11) is -1.16. The zero-order valence-electron chi connectivity index (χ0n) is 22.3. The number of hydrogen-bond acceptors (Lipinski definition) is 1. The van der Waals surface area contributed by atoms with Crippen molar-refractivity contribution in [2.24, 2.45) is 0 Å². The van der Waals surface area contributed by atoms with E-state index in [9.17, 15) is 0 Å². The summed E-state index contributed by atoms with van der Waals surface area (Å²) in [5.41, 5.74) is 1.99. The average molecular weight is 589 g/mol. The number of allylic oxidation sites excluding steroid dienone is 10. The third kappa shape index (κ3) is 22.2. The molecule has 2 aliphatic carbocycles. The van der Waals surface area contributed by atoms with Gasteiger partial charge < -0.3 is 17.1 Å². The summed E-state index contributed by atoms with van der Waals surface area (Å²) >= 11 is 0. The third-order valence-electron chi connectivity index (χ3n) is 5.50. The van der Waals surface area contributed by atoms with E-state index in [2.05, 4.69) is 69.0 Å². The van der Waals surface area contributed by atoms with E-state index in [0.29, 0.717) is 0 Å². The Morgan fingerprint density at radius 3 is 1.83 bits per heavy atom. The van der Waals surface area contributed by atoms with Gasteiger partial charge in [-0.15, -0.1) is 0 Å². The van der Waals surface area contributed by atoms with Crippen LogP contribution in [-0.2, 0) is 37.5 Å². The van der Waals surface area contributed by atoms with Gasteiger partial charge in [-0.1, -0.05) is 137 Å². The number of rotatable bonds is 12. The third-order valence-corrected chi connectivity index (χ3v) is 8.21. The maximum Gasteiger partial charge on any atom is 0.0716 e. The SMILES string of the molecule is CCCCCC/C=C/C(CCOCc1ccccc1)[Si](C)(C)C.[CH]1C=CC=C1.[CH]1C=CC=C1.[Cl-].[Zr]. The predicted molar refractivity (Wildman–Crippen MR) is 151 cm³/mol. The van der Waals surface area contributed by atoms with E-state index >= 15 is 0 Å². The minimum atomic E-state index is -1.16. The Balaban J connectivity index is 0. The zero-order chi connectivity index (χ0) is 24.0. The largest absolute Gasteiger partial charge is 1.00 e. The van der Waals surface area contributed by atoms with Crippen LogP contribution in [0.25, 0.3) is 0 Å². The van der Waals surface area contributed by atoms with Crippen LogP contribution < -0.4 is 12.4 Å². The van der Waals surface area contributed by atoms with Crippen molar-refractivity contribution in [3.8, 4) is 0 Å². The molecular weight excluding hydrogens is 543 g/mol. The van der Waals surface area contributed by atoms with Gasteiger partial charge >= 0.3 is 0 Å². The molecule has 1 atom stereocenters. The molecule has 4 heteroatoms. The van der Waals surface area contributed by atoms with Gasteiger partial charge in [-0.05, 0) is 30.4 Å². The Hall–Kier alpha value is -0.730. The van der Waals surface area contributed by atoms with Gasteiger partial charge in [-0.3, -0.25) is 0 Å². The molecule has 1 unspecified atom stereocenters. The molecule has 35 heavy (non-hydrogen) atoms. The predicted octanol–water partition coefficient (Wildman–Crippen LogP) is 6.46. The van der Waals surface area contributed by atoms with Crippen LogP contribution in [0.3, 0.4) is 0 Å². The van der Waals surface area contributed by atoms with E-state index in [0.717, 1.165) is 25.2 Å². The number of unbranched alkanes of at least 4 members (excludes halogenated alkanes) is 4. The van der Waals surface area contributed by atoms with E-state index in [-0.39, 0.29) is 38.6 Å². The number of hydrogen-bond donors (Lipinski definition) is 0. The fourth-order valence-electron chi connectivity index (χ4n) is 3.38. The summed E-state index contributed by atoms with van der Waals surface area (Å²) in [5, 5.41) is 0. The van der Waals surface area contributed by atoms with Crippen LogP contribution in [0, 0.1) is 12.8 Å². The summed E-state index contributed by atoms with van der Waals surface area (Å²) in [6, 6.07) is 10.5. The minimum Gasteiger partial charge on any atom is -1.00 e. The molecule has 0 aromatic heterocycles. The Bertz CT molecular complexity index is 690. The summed E-state index contributed by atoms with van der Waals surface area (Å²) < 4.78 is 5.89. The molecule has 1 aromatic carbocycles. The maximum absolute atomic E-state index is 5.89. The molecule has 0 spiro atoms. The van der Waals surface area contributed by atoms with Gasteiger partial charge in [0.05, 0.1) is 14.7 Å². The summed E-state index contributed by atoms with van der Waals surface area (Å²) in [6.45, 7) is 11.3. The quantitative estimate of drug-likeness (QED) is 0.155. The van der Waals surface area contributed by atoms with E-state index in [1.165, 1.54) is 37.7 Å². The molecule has 0 bridgehead atoms. The van der Waals surface area contributed by atoms with Gasteiger partial charge in [0, 0.05) is 45.7 Å². The van der Waals surface area contributed by atoms with Crippen molar-refractivity contribution in [3.63, 3.8) is 0 Å². The van der Waals surface area contributed by atoms with Crippen molar-refractivity contribution < 1.29 is 43.3 Å². The molecule has 0 heterocycles. The van der Waals surface area contributed by atoms with E-state index in [1.54, 1.807) is 0 Å². The second-order valence-electron chi connectivity index (χ2n) is 9.50. The van der Waals surface area contributed by atoms with Crippen molar-refractivity contribution in [1.29, 1.82) is 0 Å². The van der Waals surface area contributed by atoms with Crippen LogP contribution in [-0.4, -0.2) is 14.7 Å². The maximum atomic E-state index is 5.89. The van der Waals surface area contributed by atoms with Crippen LogP contribution in [0.15, 0.2) is 91.1 Å². The van der Waals surface area contributed by atoms with Crippen LogP contribution in [0.5, 0.6) is 0 Å². The molecule has 3 rings (SSSR count).